The molecule has 1 aliphatic rings. The van der Waals surface area contributed by atoms with Crippen LogP contribution in [0, 0.1) is 13.8 Å². The summed E-state index contributed by atoms with van der Waals surface area (Å²) in [6.45, 7) is 8.28. The fourth-order valence-corrected chi connectivity index (χ4v) is 2.88. The van der Waals surface area contributed by atoms with Crippen LogP contribution in [0.5, 0.6) is 0 Å². The number of nitrogens with two attached hydrogens (primary N) is 1. The average Bonchev–Trinajstić information content (AvgIpc) is 2.56. The van der Waals surface area contributed by atoms with Crippen molar-refractivity contribution in [3.63, 3.8) is 0 Å². The zero-order valence-corrected chi connectivity index (χ0v) is 13.9. The molecular weight excluding hydrogens is 296 g/mol. The molecular formula is C21H20N2O. The van der Waals surface area contributed by atoms with Crippen LogP contribution in [0.2, 0.25) is 0 Å². The van der Waals surface area contributed by atoms with Crippen LogP contribution in [0.25, 0.3) is 11.1 Å². The number of benzene rings is 2. The molecule has 2 aromatic carbocycles. The van der Waals surface area contributed by atoms with Crippen LogP contribution in [-0.2, 0) is 4.94 Å². The van der Waals surface area contributed by atoms with Crippen molar-refractivity contribution in [2.24, 2.45) is 11.1 Å². The van der Waals surface area contributed by atoms with Crippen LogP contribution < -0.4 is 5.90 Å². The standard InChI is InChI=1S/C21H20N2O/c1-14-6-4-8-17(10-14)19-12-16(3)21(23-24-22)20(13-19)18-9-5-7-15(2)11-18/h4-13H,3,22H2,1-2H3/b23-21+. The Kier molecular flexibility index (Phi) is 4.45. The van der Waals surface area contributed by atoms with Gasteiger partial charge < -0.3 is 4.94 Å². The minimum absolute atomic E-state index is 0.652. The largest absolute Gasteiger partial charge is 0.302 e. The topological polar surface area (TPSA) is 47.6 Å². The summed E-state index contributed by atoms with van der Waals surface area (Å²) in [5.41, 5.74) is 8.08. The molecule has 0 spiro atoms. The Morgan fingerprint density at radius 3 is 2.17 bits per heavy atom. The third-order valence-electron chi connectivity index (χ3n) is 4.01. The second kappa shape index (κ2) is 6.69. The Morgan fingerprint density at radius 1 is 0.917 bits per heavy atom. The lowest BCUT2D eigenvalue weighted by molar-refractivity contribution is 0.149. The van der Waals surface area contributed by atoms with Gasteiger partial charge in [0.05, 0.1) is 0 Å². The number of oxime groups is 1. The van der Waals surface area contributed by atoms with E-state index in [4.69, 9.17) is 5.90 Å². The lowest BCUT2D eigenvalue weighted by atomic mass is 9.86. The number of rotatable bonds is 3. The van der Waals surface area contributed by atoms with Crippen molar-refractivity contribution in [3.05, 3.63) is 95.1 Å². The summed E-state index contributed by atoms with van der Waals surface area (Å²) in [6, 6.07) is 16.7. The Hall–Kier alpha value is -2.91. The van der Waals surface area contributed by atoms with Gasteiger partial charge >= 0.3 is 0 Å². The number of nitrogens with zero attached hydrogens (tertiary/aromatic N) is 1. The average molecular weight is 316 g/mol. The molecule has 0 radical (unpaired) electrons. The Bertz CT molecular complexity index is 888. The van der Waals surface area contributed by atoms with E-state index < -0.39 is 0 Å². The summed E-state index contributed by atoms with van der Waals surface area (Å²) in [5.74, 6) is 5.18. The maximum absolute atomic E-state index is 5.18. The molecule has 0 heterocycles. The molecule has 2 N–H and O–H groups in total. The monoisotopic (exact) mass is 316 g/mol. The lowest BCUT2D eigenvalue weighted by Gasteiger charge is -2.18. The van der Waals surface area contributed by atoms with Gasteiger partial charge in [0.25, 0.3) is 0 Å². The molecule has 0 unspecified atom stereocenters. The Balaban J connectivity index is 2.15. The summed E-state index contributed by atoms with van der Waals surface area (Å²) in [4.78, 5) is 4.55. The summed E-state index contributed by atoms with van der Waals surface area (Å²) in [6.07, 6.45) is 4.11. The third-order valence-corrected chi connectivity index (χ3v) is 4.01. The summed E-state index contributed by atoms with van der Waals surface area (Å²) in [7, 11) is 0. The highest BCUT2D eigenvalue weighted by molar-refractivity contribution is 6.35. The van der Waals surface area contributed by atoms with Crippen molar-refractivity contribution in [3.8, 4) is 0 Å². The van der Waals surface area contributed by atoms with Crippen LogP contribution >= 0.6 is 0 Å². The van der Waals surface area contributed by atoms with Gasteiger partial charge in [0.2, 0.25) is 0 Å². The van der Waals surface area contributed by atoms with E-state index >= 15 is 0 Å². The molecule has 0 saturated heterocycles. The second-order valence-corrected chi connectivity index (χ2v) is 5.97. The van der Waals surface area contributed by atoms with Gasteiger partial charge in [-0.3, -0.25) is 0 Å². The molecule has 24 heavy (non-hydrogen) atoms. The Morgan fingerprint density at radius 2 is 1.54 bits per heavy atom. The van der Waals surface area contributed by atoms with Gasteiger partial charge in [0.15, 0.2) is 0 Å². The first-order valence-corrected chi connectivity index (χ1v) is 7.79. The van der Waals surface area contributed by atoms with Crippen molar-refractivity contribution >= 4 is 16.9 Å². The van der Waals surface area contributed by atoms with Crippen LogP contribution in [0.3, 0.4) is 0 Å². The predicted molar refractivity (Wildman–Crippen MR) is 100 cm³/mol. The lowest BCUT2D eigenvalue weighted by Crippen LogP contribution is -2.11. The molecule has 3 nitrogen and oxygen atoms in total. The summed E-state index contributed by atoms with van der Waals surface area (Å²) < 4.78 is 0. The summed E-state index contributed by atoms with van der Waals surface area (Å²) in [5, 5.41) is 3.98. The van der Waals surface area contributed by atoms with Gasteiger partial charge in [-0.05, 0) is 48.3 Å². The van der Waals surface area contributed by atoms with E-state index in [1.54, 1.807) is 0 Å². The number of allylic oxidation sites excluding steroid dienone is 5. The normalized spacial score (nSPS) is 16.0. The van der Waals surface area contributed by atoms with Gasteiger partial charge in [-0.2, -0.15) is 0 Å². The van der Waals surface area contributed by atoms with Crippen molar-refractivity contribution < 1.29 is 4.94 Å². The molecule has 0 aliphatic heterocycles. The predicted octanol–water partition coefficient (Wildman–Crippen LogP) is 4.59. The van der Waals surface area contributed by atoms with Crippen LogP contribution in [0.15, 0.2) is 78.0 Å². The zero-order chi connectivity index (χ0) is 17.1. The van der Waals surface area contributed by atoms with Crippen molar-refractivity contribution in [2.75, 3.05) is 0 Å². The zero-order valence-electron chi connectivity index (χ0n) is 13.9. The highest BCUT2D eigenvalue weighted by atomic mass is 16.7. The number of aryl methyl sites for hydroxylation is 2. The molecule has 0 fully saturated rings. The SMILES string of the molecule is C=C1C=C(c2cccc(C)c2)C=C(c2cccc(C)c2)/C1=N/ON. The maximum atomic E-state index is 5.18. The van der Waals surface area contributed by atoms with E-state index in [2.05, 4.69) is 79.1 Å². The first-order valence-electron chi connectivity index (χ1n) is 7.79. The summed E-state index contributed by atoms with van der Waals surface area (Å²) >= 11 is 0. The van der Waals surface area contributed by atoms with Crippen molar-refractivity contribution in [2.45, 2.75) is 13.8 Å². The van der Waals surface area contributed by atoms with Crippen molar-refractivity contribution in [1.82, 2.24) is 0 Å². The van der Waals surface area contributed by atoms with Crippen LogP contribution in [0.1, 0.15) is 22.3 Å². The van der Waals surface area contributed by atoms with E-state index in [-0.39, 0.29) is 0 Å². The van der Waals surface area contributed by atoms with E-state index in [0.717, 1.165) is 27.8 Å². The number of hydrogen-bond acceptors (Lipinski definition) is 3. The molecule has 0 bridgehead atoms. The second-order valence-electron chi connectivity index (χ2n) is 5.97. The Labute approximate surface area is 142 Å². The fourth-order valence-electron chi connectivity index (χ4n) is 2.88. The van der Waals surface area contributed by atoms with Gasteiger partial charge in [-0.15, -0.1) is 5.90 Å². The molecule has 3 heteroatoms. The third kappa shape index (κ3) is 3.21. The molecule has 0 atom stereocenters. The fraction of sp³-hybridized carbons (Fsp3) is 0.0952. The molecule has 0 amide bonds. The van der Waals surface area contributed by atoms with E-state index in [1.807, 2.05) is 12.1 Å². The van der Waals surface area contributed by atoms with Gasteiger partial charge in [0, 0.05) is 5.57 Å². The molecule has 3 rings (SSSR count). The highest BCUT2D eigenvalue weighted by Gasteiger charge is 2.19. The van der Waals surface area contributed by atoms with Gasteiger partial charge in [0.1, 0.15) is 5.71 Å². The quantitative estimate of drug-likeness (QED) is 0.842. The van der Waals surface area contributed by atoms with E-state index in [9.17, 15) is 0 Å². The van der Waals surface area contributed by atoms with Gasteiger partial charge in [-0.25, -0.2) is 0 Å². The molecule has 120 valence electrons. The molecule has 2 aromatic rings. The molecule has 0 saturated carbocycles. The van der Waals surface area contributed by atoms with E-state index in [1.165, 1.54) is 11.1 Å². The molecule has 0 aromatic heterocycles. The first kappa shape index (κ1) is 16.0. The highest BCUT2D eigenvalue weighted by Crippen LogP contribution is 2.32. The van der Waals surface area contributed by atoms with Crippen LogP contribution in [-0.4, -0.2) is 5.71 Å². The van der Waals surface area contributed by atoms with Gasteiger partial charge in [-0.1, -0.05) is 71.4 Å². The first-order chi connectivity index (χ1) is 11.6. The van der Waals surface area contributed by atoms with E-state index in [0.29, 0.717) is 5.71 Å². The molecule has 1 aliphatic carbocycles. The van der Waals surface area contributed by atoms with Crippen LogP contribution in [0.4, 0.5) is 0 Å². The minimum atomic E-state index is 0.652. The van der Waals surface area contributed by atoms with Crippen molar-refractivity contribution in [1.29, 1.82) is 0 Å². The smallest absolute Gasteiger partial charge is 0.119 e. The number of hydrogen-bond donors (Lipinski definition) is 1. The maximum Gasteiger partial charge on any atom is 0.119 e. The minimum Gasteiger partial charge on any atom is -0.302 e.